The van der Waals surface area contributed by atoms with Crippen molar-refractivity contribution in [2.45, 2.75) is 0 Å². The molecule has 0 aliphatic rings. The topological polar surface area (TPSA) is 109 Å². The van der Waals surface area contributed by atoms with Gasteiger partial charge in [0, 0.05) is 12.4 Å². The summed E-state index contributed by atoms with van der Waals surface area (Å²) in [6, 6.07) is 0. The standard InChI is InChI=1S/C3H4N2.C2H2O4.Ni/c1-2-5-3-4-1;3-1(4)2(5)6;/h1-3H,(H,4,5);(H,3,4)(H,5,6);/q;;+2/p-2. The normalized spacial score (nSPS) is 7.00. The fourth-order valence-corrected chi connectivity index (χ4v) is 0.215. The quantitative estimate of drug-likeness (QED) is 0.363. The van der Waals surface area contributed by atoms with E-state index in [1.54, 1.807) is 18.7 Å². The maximum atomic E-state index is 8.93. The number of hydrogen-bond acceptors (Lipinski definition) is 5. The number of carboxylic acids is 2. The summed E-state index contributed by atoms with van der Waals surface area (Å²) >= 11 is 0. The first-order chi connectivity index (χ1) is 5.14. The zero-order valence-electron chi connectivity index (χ0n) is 5.63. The van der Waals surface area contributed by atoms with Crippen molar-refractivity contribution in [1.29, 1.82) is 0 Å². The van der Waals surface area contributed by atoms with Crippen LogP contribution in [0.3, 0.4) is 0 Å². The molecule has 0 aliphatic carbocycles. The minimum absolute atomic E-state index is 0. The van der Waals surface area contributed by atoms with Gasteiger partial charge in [-0.15, -0.1) is 0 Å². The van der Waals surface area contributed by atoms with E-state index in [0.29, 0.717) is 0 Å². The van der Waals surface area contributed by atoms with E-state index in [1.165, 1.54) is 0 Å². The van der Waals surface area contributed by atoms with Crippen LogP contribution in [-0.4, -0.2) is 21.9 Å². The fourth-order valence-electron chi connectivity index (χ4n) is 0.215. The van der Waals surface area contributed by atoms with Gasteiger partial charge in [0.2, 0.25) is 0 Å². The molecule has 12 heavy (non-hydrogen) atoms. The molecule has 68 valence electrons. The first kappa shape index (κ1) is 13.2. The Morgan fingerprint density at radius 3 is 1.83 bits per heavy atom. The van der Waals surface area contributed by atoms with Gasteiger partial charge in [-0.25, -0.2) is 4.98 Å². The van der Waals surface area contributed by atoms with Gasteiger partial charge in [-0.1, -0.05) is 0 Å². The Kier molecular flexibility index (Phi) is 8.55. The molecule has 0 fully saturated rings. The van der Waals surface area contributed by atoms with Crippen molar-refractivity contribution in [1.82, 2.24) is 9.97 Å². The van der Waals surface area contributed by atoms with Gasteiger partial charge in [0.1, 0.15) is 0 Å². The number of aromatic nitrogens is 2. The van der Waals surface area contributed by atoms with Gasteiger partial charge >= 0.3 is 16.5 Å². The van der Waals surface area contributed by atoms with E-state index in [-0.39, 0.29) is 16.5 Å². The van der Waals surface area contributed by atoms with E-state index >= 15 is 0 Å². The Labute approximate surface area is 77.6 Å². The molecular weight excluding hydrogens is 211 g/mol. The van der Waals surface area contributed by atoms with Gasteiger partial charge in [0.25, 0.3) is 0 Å². The Bertz CT molecular complexity index is 194. The van der Waals surface area contributed by atoms with Crippen LogP contribution in [0.5, 0.6) is 0 Å². The maximum Gasteiger partial charge on any atom is 2.00 e. The number of imidazole rings is 1. The van der Waals surface area contributed by atoms with Gasteiger partial charge in [0.05, 0.1) is 18.3 Å². The summed E-state index contributed by atoms with van der Waals surface area (Å²) in [5.74, 6) is -4.37. The van der Waals surface area contributed by atoms with E-state index in [1.807, 2.05) is 0 Å². The van der Waals surface area contributed by atoms with Crippen molar-refractivity contribution in [3.63, 3.8) is 0 Å². The SMILES string of the molecule is O=C([O-])C(=O)[O-].[Ni+2].c1c[nH]cn1. The predicted molar refractivity (Wildman–Crippen MR) is 28.6 cm³/mol. The van der Waals surface area contributed by atoms with Crippen LogP contribution in [0, 0.1) is 0 Å². The van der Waals surface area contributed by atoms with Crippen LogP contribution in [0.15, 0.2) is 18.7 Å². The molecule has 0 aliphatic heterocycles. The number of H-pyrrole nitrogens is 1. The number of carbonyl (C=O) groups is 2. The average molecular weight is 215 g/mol. The Morgan fingerprint density at radius 2 is 1.75 bits per heavy atom. The Hall–Kier alpha value is -1.36. The van der Waals surface area contributed by atoms with Crippen LogP contribution in [0.1, 0.15) is 0 Å². The van der Waals surface area contributed by atoms with Crippen molar-refractivity contribution >= 4 is 11.9 Å². The molecule has 1 N–H and O–H groups in total. The minimum Gasteiger partial charge on any atom is -0.543 e. The monoisotopic (exact) mass is 214 g/mol. The Balaban J connectivity index is 0. The van der Waals surface area contributed by atoms with E-state index < -0.39 is 11.9 Å². The number of carbonyl (C=O) groups excluding carboxylic acids is 2. The molecule has 1 heterocycles. The molecule has 0 aromatic carbocycles. The molecule has 0 saturated carbocycles. The number of rotatable bonds is 0. The van der Waals surface area contributed by atoms with Gasteiger partial charge in [0.15, 0.2) is 0 Å². The van der Waals surface area contributed by atoms with Gasteiger partial charge < -0.3 is 24.8 Å². The second-order valence-electron chi connectivity index (χ2n) is 1.34. The van der Waals surface area contributed by atoms with Crippen molar-refractivity contribution in [3.8, 4) is 0 Å². The summed E-state index contributed by atoms with van der Waals surface area (Å²) in [6.45, 7) is 0. The van der Waals surface area contributed by atoms with E-state index in [9.17, 15) is 0 Å². The fraction of sp³-hybridized carbons (Fsp3) is 0. The van der Waals surface area contributed by atoms with Crippen LogP contribution in [-0.2, 0) is 26.1 Å². The van der Waals surface area contributed by atoms with Gasteiger partial charge in [-0.05, 0) is 0 Å². The zero-order valence-corrected chi connectivity index (χ0v) is 6.62. The molecule has 1 rings (SSSR count). The Morgan fingerprint density at radius 1 is 1.25 bits per heavy atom. The van der Waals surface area contributed by atoms with E-state index in [2.05, 4.69) is 9.97 Å². The van der Waals surface area contributed by atoms with Gasteiger partial charge in [-0.3, -0.25) is 0 Å². The summed E-state index contributed by atoms with van der Waals surface area (Å²) in [4.78, 5) is 24.3. The minimum atomic E-state index is -2.19. The average Bonchev–Trinajstić information content (AvgIpc) is 2.41. The third-order valence-electron chi connectivity index (χ3n) is 0.573. The number of hydrogen-bond donors (Lipinski definition) is 1. The molecule has 7 heteroatoms. The van der Waals surface area contributed by atoms with Crippen LogP contribution in [0.4, 0.5) is 0 Å². The summed E-state index contributed by atoms with van der Waals surface area (Å²) in [5.41, 5.74) is 0. The molecule has 1 aromatic heterocycles. The molecule has 0 saturated heterocycles. The number of nitrogens with one attached hydrogen (secondary N) is 1. The molecule has 6 nitrogen and oxygen atoms in total. The number of nitrogens with zero attached hydrogens (tertiary/aromatic N) is 1. The third kappa shape index (κ3) is 8.64. The molecule has 0 unspecified atom stereocenters. The molecule has 0 radical (unpaired) electrons. The van der Waals surface area contributed by atoms with E-state index in [0.717, 1.165) is 0 Å². The largest absolute Gasteiger partial charge is 2.00 e. The zero-order chi connectivity index (χ0) is 8.69. The summed E-state index contributed by atoms with van der Waals surface area (Å²) in [5, 5.41) is 17.9. The van der Waals surface area contributed by atoms with Crippen LogP contribution >= 0.6 is 0 Å². The maximum absolute atomic E-state index is 8.93. The molecule has 0 atom stereocenters. The van der Waals surface area contributed by atoms with Crippen LogP contribution in [0.2, 0.25) is 0 Å². The first-order valence-corrected chi connectivity index (χ1v) is 2.49. The molecule has 0 spiro atoms. The second kappa shape index (κ2) is 7.75. The van der Waals surface area contributed by atoms with Crippen LogP contribution < -0.4 is 10.2 Å². The van der Waals surface area contributed by atoms with Gasteiger partial charge in [-0.2, -0.15) is 0 Å². The number of aliphatic carboxylic acids is 2. The van der Waals surface area contributed by atoms with Crippen molar-refractivity contribution < 1.29 is 36.3 Å². The second-order valence-corrected chi connectivity index (χ2v) is 1.34. The summed E-state index contributed by atoms with van der Waals surface area (Å²) < 4.78 is 0. The predicted octanol–water partition coefficient (Wildman–Crippen LogP) is -3.11. The van der Waals surface area contributed by atoms with E-state index in [4.69, 9.17) is 19.8 Å². The number of aromatic amines is 1. The summed E-state index contributed by atoms with van der Waals surface area (Å²) in [6.07, 6.45) is 5.08. The van der Waals surface area contributed by atoms with Crippen molar-refractivity contribution in [3.05, 3.63) is 18.7 Å². The molecule has 0 amide bonds. The molecular formula is C5H4N2NiO4. The van der Waals surface area contributed by atoms with Crippen LogP contribution in [0.25, 0.3) is 0 Å². The molecule has 0 bridgehead atoms. The smallest absolute Gasteiger partial charge is 0.543 e. The number of carboxylic acid groups (broad SMARTS) is 2. The summed E-state index contributed by atoms with van der Waals surface area (Å²) in [7, 11) is 0. The van der Waals surface area contributed by atoms with Crippen molar-refractivity contribution in [2.75, 3.05) is 0 Å². The van der Waals surface area contributed by atoms with Crippen molar-refractivity contribution in [2.24, 2.45) is 0 Å². The third-order valence-corrected chi connectivity index (χ3v) is 0.573. The molecule has 1 aromatic rings. The first-order valence-electron chi connectivity index (χ1n) is 2.49.